The first kappa shape index (κ1) is 17.2. The number of allylic oxidation sites excluding steroid dienone is 4. The van der Waals surface area contributed by atoms with E-state index in [2.05, 4.69) is 65.2 Å². The Balaban J connectivity index is 1.62. The normalized spacial score (nSPS) is 33.2. The number of pyridine rings is 1. The van der Waals surface area contributed by atoms with Gasteiger partial charge in [-0.25, -0.2) is 0 Å². The molecule has 134 valence electrons. The van der Waals surface area contributed by atoms with Crippen LogP contribution in [0.15, 0.2) is 42.6 Å². The molecule has 4 heteroatoms. The molecule has 0 spiro atoms. The van der Waals surface area contributed by atoms with Gasteiger partial charge in [-0.05, 0) is 47.4 Å². The number of aromatic nitrogens is 1. The molecular formula is C21H31N3Si. The van der Waals surface area contributed by atoms with Crippen molar-refractivity contribution in [1.29, 1.82) is 0 Å². The van der Waals surface area contributed by atoms with Gasteiger partial charge in [0.05, 0.1) is 5.69 Å². The fourth-order valence-corrected chi connectivity index (χ4v) is 10.4. The molecule has 2 fully saturated rings. The van der Waals surface area contributed by atoms with Crippen LogP contribution in [0.25, 0.3) is 5.57 Å². The largest absolute Gasteiger partial charge is 0.321 e. The standard InChI is InChI=1S/C21H31N3Si/c1-16-15-19-17(20-9-4-5-10-23-20)7-6-8-18(19)21(16)25(2,3)24-13-11-22-12-14-24/h4-10,16,18-19,21-22H,11-15H2,1-3H3. The number of piperazine rings is 1. The molecule has 3 nitrogen and oxygen atoms in total. The molecule has 0 bridgehead atoms. The van der Waals surface area contributed by atoms with E-state index < -0.39 is 8.24 Å². The molecule has 0 aromatic carbocycles. The predicted molar refractivity (Wildman–Crippen MR) is 108 cm³/mol. The summed E-state index contributed by atoms with van der Waals surface area (Å²) in [4.78, 5) is 4.66. The maximum atomic E-state index is 4.66. The van der Waals surface area contributed by atoms with E-state index in [1.807, 2.05) is 12.3 Å². The van der Waals surface area contributed by atoms with Gasteiger partial charge in [-0.3, -0.25) is 4.98 Å². The highest BCUT2D eigenvalue weighted by atomic mass is 28.3. The van der Waals surface area contributed by atoms with Gasteiger partial charge in [0.25, 0.3) is 0 Å². The van der Waals surface area contributed by atoms with Gasteiger partial charge in [-0.2, -0.15) is 0 Å². The molecule has 4 unspecified atom stereocenters. The second-order valence-electron chi connectivity index (χ2n) is 8.54. The fourth-order valence-electron chi connectivity index (χ4n) is 5.76. The van der Waals surface area contributed by atoms with E-state index in [0.717, 1.165) is 24.5 Å². The Kier molecular flexibility index (Phi) is 4.69. The molecule has 1 aromatic rings. The quantitative estimate of drug-likeness (QED) is 0.838. The molecule has 2 aliphatic carbocycles. The molecule has 1 N–H and O–H groups in total. The van der Waals surface area contributed by atoms with Gasteiger partial charge in [0.2, 0.25) is 0 Å². The van der Waals surface area contributed by atoms with Crippen molar-refractivity contribution in [3.05, 3.63) is 48.3 Å². The zero-order chi connectivity index (χ0) is 17.4. The third kappa shape index (κ3) is 3.05. The van der Waals surface area contributed by atoms with Crippen LogP contribution in [0.5, 0.6) is 0 Å². The average Bonchev–Trinajstić information content (AvgIpc) is 2.99. The summed E-state index contributed by atoms with van der Waals surface area (Å²) in [5.74, 6) is 2.13. The lowest BCUT2D eigenvalue weighted by atomic mass is 9.83. The minimum absolute atomic E-state index is 0.648. The van der Waals surface area contributed by atoms with E-state index in [1.165, 1.54) is 30.8 Å². The minimum Gasteiger partial charge on any atom is -0.321 e. The van der Waals surface area contributed by atoms with Gasteiger partial charge in [-0.15, -0.1) is 0 Å². The first-order valence-electron chi connectivity index (χ1n) is 9.84. The van der Waals surface area contributed by atoms with Crippen molar-refractivity contribution >= 4 is 13.8 Å². The summed E-state index contributed by atoms with van der Waals surface area (Å²) in [7, 11) is -1.48. The van der Waals surface area contributed by atoms with Crippen LogP contribution >= 0.6 is 0 Å². The smallest absolute Gasteiger partial charge is 0.126 e. The molecule has 0 radical (unpaired) electrons. The lowest BCUT2D eigenvalue weighted by Crippen LogP contribution is -2.60. The monoisotopic (exact) mass is 353 g/mol. The highest BCUT2D eigenvalue weighted by Crippen LogP contribution is 2.56. The van der Waals surface area contributed by atoms with Crippen LogP contribution < -0.4 is 5.32 Å². The van der Waals surface area contributed by atoms with Crippen molar-refractivity contribution < 1.29 is 0 Å². The minimum atomic E-state index is -1.48. The van der Waals surface area contributed by atoms with Crippen LogP contribution in [0.1, 0.15) is 19.0 Å². The molecule has 1 aromatic heterocycles. The van der Waals surface area contributed by atoms with Crippen molar-refractivity contribution in [2.45, 2.75) is 32.0 Å². The van der Waals surface area contributed by atoms with E-state index in [0.29, 0.717) is 11.8 Å². The molecule has 2 heterocycles. The lowest BCUT2D eigenvalue weighted by molar-refractivity contribution is 0.341. The topological polar surface area (TPSA) is 28.2 Å². The molecule has 3 aliphatic rings. The molecular weight excluding hydrogens is 322 g/mol. The maximum absolute atomic E-state index is 4.66. The first-order chi connectivity index (χ1) is 12.1. The summed E-state index contributed by atoms with van der Waals surface area (Å²) in [5, 5.41) is 3.52. The highest BCUT2D eigenvalue weighted by Gasteiger charge is 2.52. The van der Waals surface area contributed by atoms with Crippen molar-refractivity contribution in [2.24, 2.45) is 17.8 Å². The van der Waals surface area contributed by atoms with Gasteiger partial charge in [0.15, 0.2) is 0 Å². The van der Waals surface area contributed by atoms with Crippen LogP contribution in [0.2, 0.25) is 18.6 Å². The van der Waals surface area contributed by atoms with Gasteiger partial charge in [-0.1, -0.05) is 44.3 Å². The third-order valence-corrected chi connectivity index (χ3v) is 11.5. The summed E-state index contributed by atoms with van der Waals surface area (Å²) in [6, 6.07) is 6.31. The van der Waals surface area contributed by atoms with E-state index in [-0.39, 0.29) is 0 Å². The summed E-state index contributed by atoms with van der Waals surface area (Å²) in [6.07, 6.45) is 10.4. The van der Waals surface area contributed by atoms with Crippen LogP contribution in [-0.4, -0.2) is 44.0 Å². The van der Waals surface area contributed by atoms with Crippen LogP contribution in [0.4, 0.5) is 0 Å². The van der Waals surface area contributed by atoms with Crippen molar-refractivity contribution in [3.8, 4) is 0 Å². The first-order valence-corrected chi connectivity index (χ1v) is 12.9. The Labute approximate surface area is 153 Å². The zero-order valence-corrected chi connectivity index (χ0v) is 16.8. The SMILES string of the molecule is CC1CC2C(c3ccccn3)=CC=CC2C1[Si](C)(C)N1CCNCC1. The lowest BCUT2D eigenvalue weighted by Gasteiger charge is -2.47. The van der Waals surface area contributed by atoms with Crippen LogP contribution in [0.3, 0.4) is 0 Å². The van der Waals surface area contributed by atoms with E-state index in [1.54, 1.807) is 0 Å². The Morgan fingerprint density at radius 3 is 2.72 bits per heavy atom. The van der Waals surface area contributed by atoms with Gasteiger partial charge < -0.3 is 9.88 Å². The van der Waals surface area contributed by atoms with E-state index in [9.17, 15) is 0 Å². The number of fused-ring (bicyclic) bond motifs is 1. The summed E-state index contributed by atoms with van der Waals surface area (Å²) < 4.78 is 2.86. The molecule has 1 saturated carbocycles. The number of hydrogen-bond acceptors (Lipinski definition) is 3. The molecule has 0 amide bonds. The van der Waals surface area contributed by atoms with Gasteiger partial charge in [0, 0.05) is 32.4 Å². The third-order valence-electron chi connectivity index (χ3n) is 6.84. The molecule has 4 atom stereocenters. The molecule has 25 heavy (non-hydrogen) atoms. The maximum Gasteiger partial charge on any atom is 0.126 e. The number of hydrogen-bond donors (Lipinski definition) is 1. The summed E-state index contributed by atoms with van der Waals surface area (Å²) >= 11 is 0. The van der Waals surface area contributed by atoms with E-state index >= 15 is 0 Å². The number of nitrogens with one attached hydrogen (secondary N) is 1. The molecule has 4 rings (SSSR count). The van der Waals surface area contributed by atoms with Gasteiger partial charge in [0.1, 0.15) is 8.24 Å². The number of rotatable bonds is 3. The highest BCUT2D eigenvalue weighted by molar-refractivity contribution is 6.76. The summed E-state index contributed by atoms with van der Waals surface area (Å²) in [5.41, 5.74) is 3.48. The van der Waals surface area contributed by atoms with Gasteiger partial charge >= 0.3 is 0 Å². The predicted octanol–water partition coefficient (Wildman–Crippen LogP) is 3.79. The van der Waals surface area contributed by atoms with Crippen molar-refractivity contribution in [1.82, 2.24) is 14.9 Å². The Morgan fingerprint density at radius 1 is 1.20 bits per heavy atom. The van der Waals surface area contributed by atoms with E-state index in [4.69, 9.17) is 0 Å². The molecule has 1 saturated heterocycles. The number of nitrogens with zero attached hydrogens (tertiary/aromatic N) is 2. The average molecular weight is 354 g/mol. The fraction of sp³-hybridized carbons (Fsp3) is 0.571. The second-order valence-corrected chi connectivity index (χ2v) is 13.1. The Bertz CT molecular complexity index is 661. The zero-order valence-electron chi connectivity index (χ0n) is 15.8. The molecule has 1 aliphatic heterocycles. The Hall–Kier alpha value is -1.23. The van der Waals surface area contributed by atoms with Crippen molar-refractivity contribution in [3.63, 3.8) is 0 Å². The van der Waals surface area contributed by atoms with Crippen LogP contribution in [0, 0.1) is 17.8 Å². The van der Waals surface area contributed by atoms with Crippen LogP contribution in [-0.2, 0) is 0 Å². The van der Waals surface area contributed by atoms with Crippen molar-refractivity contribution in [2.75, 3.05) is 26.2 Å². The summed E-state index contributed by atoms with van der Waals surface area (Å²) in [6.45, 7) is 12.5. The second kappa shape index (κ2) is 6.82. The Morgan fingerprint density at radius 2 is 2.00 bits per heavy atom.